The second-order valence-corrected chi connectivity index (χ2v) is 6.07. The quantitative estimate of drug-likeness (QED) is 0.898. The minimum Gasteiger partial charge on any atom is -0.378 e. The van der Waals surface area contributed by atoms with Crippen molar-refractivity contribution in [3.05, 3.63) is 35.4 Å². The van der Waals surface area contributed by atoms with Crippen molar-refractivity contribution in [3.8, 4) is 0 Å². The van der Waals surface area contributed by atoms with Gasteiger partial charge in [-0.15, -0.1) is 0 Å². The van der Waals surface area contributed by atoms with Crippen LogP contribution in [0.15, 0.2) is 24.3 Å². The predicted molar refractivity (Wildman–Crippen MR) is 83.7 cm³/mol. The minimum atomic E-state index is 0.0845. The van der Waals surface area contributed by atoms with Crippen LogP contribution in [-0.2, 0) is 11.3 Å². The summed E-state index contributed by atoms with van der Waals surface area (Å²) in [4.78, 5) is 2.44. The van der Waals surface area contributed by atoms with E-state index >= 15 is 0 Å². The number of likely N-dealkylation sites (N-methyl/N-ethyl adjacent to an activating group) is 1. The van der Waals surface area contributed by atoms with Crippen molar-refractivity contribution in [2.45, 2.75) is 51.3 Å². The molecular formula is C17H28N2O. The first kappa shape index (κ1) is 15.5. The van der Waals surface area contributed by atoms with E-state index in [-0.39, 0.29) is 5.54 Å². The van der Waals surface area contributed by atoms with Gasteiger partial charge in [0.1, 0.15) is 0 Å². The van der Waals surface area contributed by atoms with E-state index in [4.69, 9.17) is 10.5 Å². The Morgan fingerprint density at radius 2 is 2.15 bits per heavy atom. The number of nitrogens with two attached hydrogens (primary N) is 1. The molecular weight excluding hydrogens is 248 g/mol. The molecule has 1 fully saturated rings. The van der Waals surface area contributed by atoms with E-state index in [9.17, 15) is 0 Å². The van der Waals surface area contributed by atoms with Crippen molar-refractivity contribution in [1.82, 2.24) is 4.90 Å². The molecule has 0 aliphatic carbocycles. The van der Waals surface area contributed by atoms with Gasteiger partial charge < -0.3 is 10.5 Å². The number of hydrogen-bond acceptors (Lipinski definition) is 3. The molecule has 2 rings (SSSR count). The Morgan fingerprint density at radius 1 is 1.40 bits per heavy atom. The number of ether oxygens (including phenoxy) is 1. The van der Waals surface area contributed by atoms with Gasteiger partial charge in [-0.05, 0) is 44.4 Å². The van der Waals surface area contributed by atoms with Crippen LogP contribution in [0.3, 0.4) is 0 Å². The maximum absolute atomic E-state index is 6.15. The molecule has 1 aliphatic heterocycles. The first-order valence-corrected chi connectivity index (χ1v) is 7.68. The first-order valence-electron chi connectivity index (χ1n) is 7.68. The van der Waals surface area contributed by atoms with Crippen LogP contribution in [0, 0.1) is 6.92 Å². The smallest absolute Gasteiger partial charge is 0.0590 e. The van der Waals surface area contributed by atoms with Crippen LogP contribution in [0.2, 0.25) is 0 Å². The highest BCUT2D eigenvalue weighted by Crippen LogP contribution is 2.31. The number of hydrogen-bond donors (Lipinski definition) is 1. The fourth-order valence-corrected chi connectivity index (χ4v) is 3.16. The predicted octanol–water partition coefficient (Wildman–Crippen LogP) is 2.71. The molecule has 0 radical (unpaired) electrons. The average Bonchev–Trinajstić information content (AvgIpc) is 2.49. The lowest BCUT2D eigenvalue weighted by Crippen LogP contribution is -2.56. The Labute approximate surface area is 123 Å². The monoisotopic (exact) mass is 276 g/mol. The zero-order valence-electron chi connectivity index (χ0n) is 13.1. The third kappa shape index (κ3) is 3.22. The molecule has 2 N–H and O–H groups in total. The van der Waals surface area contributed by atoms with E-state index in [1.165, 1.54) is 11.1 Å². The van der Waals surface area contributed by atoms with Crippen molar-refractivity contribution in [3.63, 3.8) is 0 Å². The SMILES string of the molecule is CCC1CC(CN)(N(C)Cc2ccccc2C)CCO1. The molecule has 1 heterocycles. The number of nitrogens with zero attached hydrogens (tertiary/aromatic N) is 1. The third-order valence-electron chi connectivity index (χ3n) is 4.84. The third-order valence-corrected chi connectivity index (χ3v) is 4.84. The van der Waals surface area contributed by atoms with Gasteiger partial charge in [0.05, 0.1) is 6.10 Å². The van der Waals surface area contributed by atoms with E-state index in [0.29, 0.717) is 12.6 Å². The van der Waals surface area contributed by atoms with Crippen molar-refractivity contribution in [2.24, 2.45) is 5.73 Å². The molecule has 0 bridgehead atoms. The highest BCUT2D eigenvalue weighted by molar-refractivity contribution is 5.25. The summed E-state index contributed by atoms with van der Waals surface area (Å²) in [5.74, 6) is 0. The average molecular weight is 276 g/mol. The summed E-state index contributed by atoms with van der Waals surface area (Å²) in [6.07, 6.45) is 3.50. The maximum atomic E-state index is 6.15. The van der Waals surface area contributed by atoms with Crippen molar-refractivity contribution >= 4 is 0 Å². The number of aryl methyl sites for hydroxylation is 1. The van der Waals surface area contributed by atoms with Gasteiger partial charge in [-0.1, -0.05) is 31.2 Å². The fraction of sp³-hybridized carbons (Fsp3) is 0.647. The van der Waals surface area contributed by atoms with Gasteiger partial charge in [0.25, 0.3) is 0 Å². The minimum absolute atomic E-state index is 0.0845. The van der Waals surface area contributed by atoms with Gasteiger partial charge in [-0.3, -0.25) is 4.90 Å². The Balaban J connectivity index is 2.12. The molecule has 20 heavy (non-hydrogen) atoms. The summed E-state index contributed by atoms with van der Waals surface area (Å²) in [7, 11) is 2.21. The fourth-order valence-electron chi connectivity index (χ4n) is 3.16. The Morgan fingerprint density at radius 3 is 2.80 bits per heavy atom. The van der Waals surface area contributed by atoms with Crippen LogP contribution in [0.5, 0.6) is 0 Å². The summed E-state index contributed by atoms with van der Waals surface area (Å²) in [6, 6.07) is 8.60. The van der Waals surface area contributed by atoms with Crippen LogP contribution in [-0.4, -0.2) is 36.7 Å². The van der Waals surface area contributed by atoms with Crippen molar-refractivity contribution in [2.75, 3.05) is 20.2 Å². The molecule has 1 saturated heterocycles. The van der Waals surface area contributed by atoms with Gasteiger partial charge >= 0.3 is 0 Å². The Hall–Kier alpha value is -0.900. The summed E-state index contributed by atoms with van der Waals surface area (Å²) < 4.78 is 5.83. The van der Waals surface area contributed by atoms with Gasteiger partial charge in [-0.25, -0.2) is 0 Å². The summed E-state index contributed by atoms with van der Waals surface area (Å²) in [6.45, 7) is 6.86. The molecule has 0 spiro atoms. The zero-order valence-corrected chi connectivity index (χ0v) is 13.1. The molecule has 0 saturated carbocycles. The molecule has 1 aromatic carbocycles. The molecule has 2 unspecified atom stereocenters. The standard InChI is InChI=1S/C17H28N2O/c1-4-16-11-17(13-18,9-10-20-16)19(3)12-15-8-6-5-7-14(15)2/h5-8,16H,4,9-13,18H2,1-3H3. The second-order valence-electron chi connectivity index (χ2n) is 6.07. The summed E-state index contributed by atoms with van der Waals surface area (Å²) in [5.41, 5.74) is 8.98. The van der Waals surface area contributed by atoms with Crippen molar-refractivity contribution in [1.29, 1.82) is 0 Å². The van der Waals surface area contributed by atoms with Gasteiger partial charge in [-0.2, -0.15) is 0 Å². The van der Waals surface area contributed by atoms with E-state index in [1.54, 1.807) is 0 Å². The molecule has 1 aromatic rings. The van der Waals surface area contributed by atoms with E-state index in [0.717, 1.165) is 32.4 Å². The molecule has 0 aromatic heterocycles. The summed E-state index contributed by atoms with van der Waals surface area (Å²) in [5, 5.41) is 0. The molecule has 1 aliphatic rings. The zero-order chi connectivity index (χ0) is 14.6. The molecule has 3 nitrogen and oxygen atoms in total. The number of benzene rings is 1. The van der Waals surface area contributed by atoms with Crippen LogP contribution >= 0.6 is 0 Å². The second kappa shape index (κ2) is 6.70. The lowest BCUT2D eigenvalue weighted by molar-refractivity contribution is -0.0672. The maximum Gasteiger partial charge on any atom is 0.0590 e. The van der Waals surface area contributed by atoms with Crippen LogP contribution < -0.4 is 5.73 Å². The lowest BCUT2D eigenvalue weighted by Gasteiger charge is -2.46. The first-order chi connectivity index (χ1) is 9.61. The van der Waals surface area contributed by atoms with E-state index < -0.39 is 0 Å². The van der Waals surface area contributed by atoms with Gasteiger partial charge in [0.2, 0.25) is 0 Å². The summed E-state index contributed by atoms with van der Waals surface area (Å²) >= 11 is 0. The van der Waals surface area contributed by atoms with Crippen molar-refractivity contribution < 1.29 is 4.74 Å². The highest BCUT2D eigenvalue weighted by atomic mass is 16.5. The van der Waals surface area contributed by atoms with Crippen LogP contribution in [0.1, 0.15) is 37.3 Å². The Kier molecular flexibility index (Phi) is 5.19. The normalized spacial score (nSPS) is 26.9. The molecule has 112 valence electrons. The largest absolute Gasteiger partial charge is 0.378 e. The molecule has 0 amide bonds. The topological polar surface area (TPSA) is 38.5 Å². The van der Waals surface area contributed by atoms with E-state index in [1.807, 2.05) is 0 Å². The van der Waals surface area contributed by atoms with Gasteiger partial charge in [0, 0.05) is 25.2 Å². The number of rotatable bonds is 5. The van der Waals surface area contributed by atoms with E-state index in [2.05, 4.69) is 50.1 Å². The van der Waals surface area contributed by atoms with Gasteiger partial charge in [0.15, 0.2) is 0 Å². The van der Waals surface area contributed by atoms with Crippen LogP contribution in [0.4, 0.5) is 0 Å². The highest BCUT2D eigenvalue weighted by Gasteiger charge is 2.38. The molecule has 3 heteroatoms. The molecule has 2 atom stereocenters. The lowest BCUT2D eigenvalue weighted by atomic mass is 9.84. The van der Waals surface area contributed by atoms with Crippen LogP contribution in [0.25, 0.3) is 0 Å². The Bertz CT molecular complexity index is 435.